The number of carbonyl (C=O) groups is 1. The Morgan fingerprint density at radius 1 is 1.48 bits per heavy atom. The number of methoxy groups -OCH3 is 1. The van der Waals surface area contributed by atoms with Crippen molar-refractivity contribution < 1.29 is 14.6 Å². The highest BCUT2D eigenvalue weighted by molar-refractivity contribution is 6.32. The van der Waals surface area contributed by atoms with Crippen LogP contribution in [0.2, 0.25) is 5.02 Å². The Bertz CT molecular complexity index is 488. The maximum absolute atomic E-state index is 12.4. The summed E-state index contributed by atoms with van der Waals surface area (Å²) in [5.74, 6) is 0.633. The number of ether oxygens (including phenoxy) is 1. The lowest BCUT2D eigenvalue weighted by molar-refractivity contribution is 0.0788. The number of halogens is 1. The second-order valence-electron chi connectivity index (χ2n) is 5.40. The second-order valence-corrected chi connectivity index (χ2v) is 5.81. The summed E-state index contributed by atoms with van der Waals surface area (Å²) in [5.41, 5.74) is 0.606. The van der Waals surface area contributed by atoms with Crippen molar-refractivity contribution in [3.05, 3.63) is 28.8 Å². The van der Waals surface area contributed by atoms with Crippen LogP contribution in [0, 0.1) is 0 Å². The molecule has 0 heterocycles. The fraction of sp³-hybridized carbons (Fsp3) is 0.562. The van der Waals surface area contributed by atoms with Crippen LogP contribution >= 0.6 is 11.6 Å². The number of nitrogens with zero attached hydrogens (tertiary/aromatic N) is 1. The molecule has 116 valence electrons. The van der Waals surface area contributed by atoms with E-state index in [0.717, 1.165) is 19.4 Å². The minimum absolute atomic E-state index is 0.0596. The van der Waals surface area contributed by atoms with E-state index in [1.54, 1.807) is 25.3 Å². The molecule has 0 radical (unpaired) electrons. The molecule has 1 aliphatic carbocycles. The summed E-state index contributed by atoms with van der Waals surface area (Å²) in [6.45, 7) is 1.30. The number of hydrogen-bond acceptors (Lipinski definition) is 4. The van der Waals surface area contributed by atoms with Crippen LogP contribution in [-0.4, -0.2) is 48.6 Å². The van der Waals surface area contributed by atoms with E-state index in [0.29, 0.717) is 35.3 Å². The predicted octanol–water partition coefficient (Wildman–Crippen LogP) is 2.77. The first-order chi connectivity index (χ1) is 10.2. The van der Waals surface area contributed by atoms with Gasteiger partial charge in [0.2, 0.25) is 0 Å². The van der Waals surface area contributed by atoms with Crippen molar-refractivity contribution in [1.82, 2.24) is 4.90 Å². The normalized spacial score (nSPS) is 15.0. The minimum Gasteiger partial charge on any atom is -0.495 e. The number of hydrogen-bond donors (Lipinski definition) is 1. The summed E-state index contributed by atoms with van der Waals surface area (Å²) in [6, 6.07) is 5.61. The quantitative estimate of drug-likeness (QED) is 0.750. The first kappa shape index (κ1) is 16.3. The molecule has 21 heavy (non-hydrogen) atoms. The van der Waals surface area contributed by atoms with Gasteiger partial charge in [-0.25, -0.2) is 0 Å². The SMILES string of the molecule is COc1ccc(C(=O)CN(CCCO)C2CCC2)cc1Cl. The molecular weight excluding hydrogens is 290 g/mol. The molecule has 1 aromatic carbocycles. The van der Waals surface area contributed by atoms with Crippen LogP contribution in [0.25, 0.3) is 0 Å². The Hall–Kier alpha value is -1.10. The van der Waals surface area contributed by atoms with E-state index < -0.39 is 0 Å². The van der Waals surface area contributed by atoms with Crippen LogP contribution in [0.3, 0.4) is 0 Å². The molecule has 4 nitrogen and oxygen atoms in total. The summed E-state index contributed by atoms with van der Waals surface area (Å²) >= 11 is 6.07. The van der Waals surface area contributed by atoms with Crippen molar-refractivity contribution in [3.8, 4) is 5.75 Å². The van der Waals surface area contributed by atoms with Gasteiger partial charge in [0, 0.05) is 24.8 Å². The third-order valence-corrected chi connectivity index (χ3v) is 4.31. The van der Waals surface area contributed by atoms with Gasteiger partial charge in [0.15, 0.2) is 5.78 Å². The topological polar surface area (TPSA) is 49.8 Å². The molecule has 0 unspecified atom stereocenters. The summed E-state index contributed by atoms with van der Waals surface area (Å²) in [6.07, 6.45) is 4.21. The standard InChI is InChI=1S/C16H22ClNO3/c1-21-16-7-6-12(10-14(16)17)15(20)11-18(8-3-9-19)13-4-2-5-13/h6-7,10,13,19H,2-5,8-9,11H2,1H3. The van der Waals surface area contributed by atoms with Crippen LogP contribution in [0.5, 0.6) is 5.75 Å². The molecule has 1 saturated carbocycles. The Labute approximate surface area is 130 Å². The van der Waals surface area contributed by atoms with Crippen molar-refractivity contribution in [3.63, 3.8) is 0 Å². The molecule has 1 N–H and O–H groups in total. The van der Waals surface area contributed by atoms with Gasteiger partial charge < -0.3 is 9.84 Å². The van der Waals surface area contributed by atoms with E-state index in [-0.39, 0.29) is 12.4 Å². The van der Waals surface area contributed by atoms with Crippen molar-refractivity contribution in [2.45, 2.75) is 31.7 Å². The fourth-order valence-electron chi connectivity index (χ4n) is 2.53. The molecule has 0 aliphatic heterocycles. The smallest absolute Gasteiger partial charge is 0.176 e. The number of rotatable bonds is 8. The zero-order valence-electron chi connectivity index (χ0n) is 12.3. The van der Waals surface area contributed by atoms with E-state index in [9.17, 15) is 4.79 Å². The Morgan fingerprint density at radius 2 is 2.24 bits per heavy atom. The van der Waals surface area contributed by atoms with Crippen molar-refractivity contribution >= 4 is 17.4 Å². The van der Waals surface area contributed by atoms with E-state index in [1.807, 2.05) is 0 Å². The lowest BCUT2D eigenvalue weighted by Crippen LogP contribution is -2.43. The van der Waals surface area contributed by atoms with E-state index in [1.165, 1.54) is 6.42 Å². The molecule has 0 bridgehead atoms. The van der Waals surface area contributed by atoms with Crippen LogP contribution in [-0.2, 0) is 0 Å². The summed E-state index contributed by atoms with van der Waals surface area (Å²) in [5, 5.41) is 9.44. The predicted molar refractivity (Wildman–Crippen MR) is 83.2 cm³/mol. The highest BCUT2D eigenvalue weighted by Crippen LogP contribution is 2.27. The largest absolute Gasteiger partial charge is 0.495 e. The van der Waals surface area contributed by atoms with Crippen LogP contribution in [0.4, 0.5) is 0 Å². The van der Waals surface area contributed by atoms with Crippen molar-refractivity contribution in [2.24, 2.45) is 0 Å². The molecule has 0 atom stereocenters. The van der Waals surface area contributed by atoms with Gasteiger partial charge >= 0.3 is 0 Å². The molecular formula is C16H22ClNO3. The van der Waals surface area contributed by atoms with Crippen molar-refractivity contribution in [2.75, 3.05) is 26.8 Å². The zero-order chi connectivity index (χ0) is 15.2. The molecule has 5 heteroatoms. The van der Waals surface area contributed by atoms with Gasteiger partial charge in [-0.15, -0.1) is 0 Å². The summed E-state index contributed by atoms with van der Waals surface area (Å²) in [7, 11) is 1.55. The van der Waals surface area contributed by atoms with E-state index in [2.05, 4.69) is 4.90 Å². The van der Waals surface area contributed by atoms with Crippen molar-refractivity contribution in [1.29, 1.82) is 0 Å². The van der Waals surface area contributed by atoms with Gasteiger partial charge in [-0.2, -0.15) is 0 Å². The summed E-state index contributed by atoms with van der Waals surface area (Å²) in [4.78, 5) is 14.6. The van der Waals surface area contributed by atoms with Crippen LogP contribution in [0.1, 0.15) is 36.0 Å². The lowest BCUT2D eigenvalue weighted by atomic mass is 9.91. The van der Waals surface area contributed by atoms with Gasteiger partial charge in [-0.05, 0) is 37.5 Å². The third kappa shape index (κ3) is 4.19. The maximum Gasteiger partial charge on any atom is 0.176 e. The second kappa shape index (κ2) is 7.78. The molecule has 1 fully saturated rings. The highest BCUT2D eigenvalue weighted by atomic mass is 35.5. The summed E-state index contributed by atoms with van der Waals surface area (Å²) < 4.78 is 5.10. The van der Waals surface area contributed by atoms with E-state index >= 15 is 0 Å². The van der Waals surface area contributed by atoms with Gasteiger partial charge in [0.05, 0.1) is 18.7 Å². The molecule has 1 aliphatic rings. The van der Waals surface area contributed by atoms with Gasteiger partial charge in [0.25, 0.3) is 0 Å². The number of ketones is 1. The van der Waals surface area contributed by atoms with Crippen LogP contribution in [0.15, 0.2) is 18.2 Å². The fourth-order valence-corrected chi connectivity index (χ4v) is 2.79. The van der Waals surface area contributed by atoms with Gasteiger partial charge in [-0.1, -0.05) is 18.0 Å². The van der Waals surface area contributed by atoms with E-state index in [4.69, 9.17) is 21.4 Å². The first-order valence-electron chi connectivity index (χ1n) is 7.37. The minimum atomic E-state index is 0.0596. The van der Waals surface area contributed by atoms with Gasteiger partial charge in [0.1, 0.15) is 5.75 Å². The number of aliphatic hydroxyl groups excluding tert-OH is 1. The average molecular weight is 312 g/mol. The highest BCUT2D eigenvalue weighted by Gasteiger charge is 2.26. The molecule has 0 amide bonds. The molecule has 0 spiro atoms. The average Bonchev–Trinajstić information content (AvgIpc) is 2.42. The number of benzene rings is 1. The Balaban J connectivity index is 2.02. The molecule has 0 aromatic heterocycles. The molecule has 1 aromatic rings. The zero-order valence-corrected chi connectivity index (χ0v) is 13.1. The Kier molecular flexibility index (Phi) is 6.03. The third-order valence-electron chi connectivity index (χ3n) is 4.02. The maximum atomic E-state index is 12.4. The monoisotopic (exact) mass is 311 g/mol. The molecule has 0 saturated heterocycles. The number of Topliss-reactive ketones (excluding diaryl/α,β-unsaturated/α-hetero) is 1. The number of aliphatic hydroxyl groups is 1. The Morgan fingerprint density at radius 3 is 2.76 bits per heavy atom. The van der Waals surface area contributed by atoms with Gasteiger partial charge in [-0.3, -0.25) is 9.69 Å². The number of carbonyl (C=O) groups excluding carboxylic acids is 1. The van der Waals surface area contributed by atoms with Crippen LogP contribution < -0.4 is 4.74 Å². The molecule has 2 rings (SSSR count). The first-order valence-corrected chi connectivity index (χ1v) is 7.75. The lowest BCUT2D eigenvalue weighted by Gasteiger charge is -2.37.